The standard InChI is InChI=1S/C13H18O3/c1-2-3-12(15)6-4-10-5-7-13(16)11(8-10)9-14/h5,7-8,14,16H,2-4,6,9H2,1H3. The Morgan fingerprint density at radius 1 is 1.31 bits per heavy atom. The number of carbonyl (C=O) groups excluding carboxylic acids is 1. The molecular weight excluding hydrogens is 204 g/mol. The summed E-state index contributed by atoms with van der Waals surface area (Å²) in [6, 6.07) is 5.09. The molecule has 0 spiro atoms. The number of aliphatic hydroxyl groups excluding tert-OH is 1. The van der Waals surface area contributed by atoms with Gasteiger partial charge in [-0.05, 0) is 30.5 Å². The molecule has 2 N–H and O–H groups in total. The van der Waals surface area contributed by atoms with Crippen molar-refractivity contribution in [3.8, 4) is 5.75 Å². The van der Waals surface area contributed by atoms with Gasteiger partial charge in [-0.15, -0.1) is 0 Å². The number of phenols is 1. The van der Waals surface area contributed by atoms with Crippen LogP contribution in [0.15, 0.2) is 18.2 Å². The van der Waals surface area contributed by atoms with Gasteiger partial charge in [-0.2, -0.15) is 0 Å². The fraction of sp³-hybridized carbons (Fsp3) is 0.462. The molecule has 1 rings (SSSR count). The molecule has 0 saturated carbocycles. The van der Waals surface area contributed by atoms with Gasteiger partial charge in [0.15, 0.2) is 0 Å². The van der Waals surface area contributed by atoms with E-state index >= 15 is 0 Å². The predicted octanol–water partition coefficient (Wildman–Crippen LogP) is 2.19. The molecule has 3 heteroatoms. The van der Waals surface area contributed by atoms with Crippen LogP contribution >= 0.6 is 0 Å². The number of benzene rings is 1. The van der Waals surface area contributed by atoms with Crippen molar-refractivity contribution in [3.63, 3.8) is 0 Å². The third kappa shape index (κ3) is 3.66. The summed E-state index contributed by atoms with van der Waals surface area (Å²) >= 11 is 0. The third-order valence-corrected chi connectivity index (χ3v) is 2.54. The van der Waals surface area contributed by atoms with E-state index in [1.807, 2.05) is 6.92 Å². The van der Waals surface area contributed by atoms with Gasteiger partial charge in [0.1, 0.15) is 11.5 Å². The maximum Gasteiger partial charge on any atom is 0.133 e. The predicted molar refractivity (Wildman–Crippen MR) is 62.3 cm³/mol. The first-order valence-electron chi connectivity index (χ1n) is 5.60. The number of rotatable bonds is 6. The van der Waals surface area contributed by atoms with E-state index in [0.29, 0.717) is 24.8 Å². The molecule has 1 aromatic carbocycles. The molecule has 0 aliphatic rings. The van der Waals surface area contributed by atoms with Gasteiger partial charge in [0.25, 0.3) is 0 Å². The van der Waals surface area contributed by atoms with Gasteiger partial charge in [-0.3, -0.25) is 4.79 Å². The number of Topliss-reactive ketones (excluding diaryl/α,β-unsaturated/α-hetero) is 1. The van der Waals surface area contributed by atoms with Gasteiger partial charge in [-0.1, -0.05) is 13.0 Å². The van der Waals surface area contributed by atoms with E-state index < -0.39 is 0 Å². The van der Waals surface area contributed by atoms with Crippen molar-refractivity contribution in [1.29, 1.82) is 0 Å². The van der Waals surface area contributed by atoms with Gasteiger partial charge in [-0.25, -0.2) is 0 Å². The average molecular weight is 222 g/mol. The van der Waals surface area contributed by atoms with E-state index in [4.69, 9.17) is 5.11 Å². The second-order valence-corrected chi connectivity index (χ2v) is 3.91. The van der Waals surface area contributed by atoms with E-state index in [1.165, 1.54) is 0 Å². The summed E-state index contributed by atoms with van der Waals surface area (Å²) in [5.74, 6) is 0.368. The Kier molecular flexibility index (Phi) is 4.99. The Morgan fingerprint density at radius 3 is 2.69 bits per heavy atom. The Labute approximate surface area is 95.7 Å². The van der Waals surface area contributed by atoms with Crippen LogP contribution in [0.3, 0.4) is 0 Å². The van der Waals surface area contributed by atoms with E-state index in [2.05, 4.69) is 0 Å². The summed E-state index contributed by atoms with van der Waals surface area (Å²) in [5.41, 5.74) is 1.49. The Hall–Kier alpha value is -1.35. The molecule has 0 unspecified atom stereocenters. The third-order valence-electron chi connectivity index (χ3n) is 2.54. The molecule has 0 aromatic heterocycles. The molecule has 0 aliphatic heterocycles. The quantitative estimate of drug-likeness (QED) is 0.775. The molecule has 0 atom stereocenters. The molecule has 0 fully saturated rings. The van der Waals surface area contributed by atoms with Crippen molar-refractivity contribution < 1.29 is 15.0 Å². The average Bonchev–Trinajstić information content (AvgIpc) is 2.28. The van der Waals surface area contributed by atoms with Gasteiger partial charge in [0, 0.05) is 18.4 Å². The molecule has 1 aromatic rings. The molecule has 0 radical (unpaired) electrons. The van der Waals surface area contributed by atoms with E-state index in [0.717, 1.165) is 12.0 Å². The lowest BCUT2D eigenvalue weighted by Gasteiger charge is -2.05. The molecule has 16 heavy (non-hydrogen) atoms. The van der Waals surface area contributed by atoms with Gasteiger partial charge < -0.3 is 10.2 Å². The topological polar surface area (TPSA) is 57.5 Å². The first-order valence-corrected chi connectivity index (χ1v) is 5.60. The zero-order valence-electron chi connectivity index (χ0n) is 9.57. The zero-order valence-corrected chi connectivity index (χ0v) is 9.57. The molecule has 0 aliphatic carbocycles. The summed E-state index contributed by atoms with van der Waals surface area (Å²) in [6.45, 7) is 1.81. The molecule has 3 nitrogen and oxygen atoms in total. The van der Waals surface area contributed by atoms with Crippen LogP contribution in [0.4, 0.5) is 0 Å². The summed E-state index contributed by atoms with van der Waals surface area (Å²) in [6.07, 6.45) is 2.72. The molecule has 88 valence electrons. The maximum absolute atomic E-state index is 11.3. The maximum atomic E-state index is 11.3. The first kappa shape index (κ1) is 12.7. The number of hydrogen-bond acceptors (Lipinski definition) is 3. The Balaban J connectivity index is 2.57. The molecule has 0 saturated heterocycles. The van der Waals surface area contributed by atoms with Crippen LogP contribution in [-0.4, -0.2) is 16.0 Å². The summed E-state index contributed by atoms with van der Waals surface area (Å²) in [4.78, 5) is 11.3. The van der Waals surface area contributed by atoms with Crippen LogP contribution in [0.2, 0.25) is 0 Å². The minimum absolute atomic E-state index is 0.103. The number of aryl methyl sites for hydroxylation is 1. The van der Waals surface area contributed by atoms with E-state index in [-0.39, 0.29) is 18.1 Å². The fourth-order valence-corrected chi connectivity index (χ4v) is 1.61. The molecular formula is C13H18O3. The smallest absolute Gasteiger partial charge is 0.133 e. The lowest BCUT2D eigenvalue weighted by molar-refractivity contribution is -0.119. The second kappa shape index (κ2) is 6.28. The minimum atomic E-state index is -0.178. The first-order chi connectivity index (χ1) is 7.67. The minimum Gasteiger partial charge on any atom is -0.508 e. The summed E-state index contributed by atoms with van der Waals surface area (Å²) < 4.78 is 0. The van der Waals surface area contributed by atoms with Crippen molar-refractivity contribution in [1.82, 2.24) is 0 Å². The van der Waals surface area contributed by atoms with Crippen LogP contribution in [0.25, 0.3) is 0 Å². The van der Waals surface area contributed by atoms with Crippen molar-refractivity contribution in [2.75, 3.05) is 0 Å². The highest BCUT2D eigenvalue weighted by molar-refractivity contribution is 5.78. The highest BCUT2D eigenvalue weighted by Crippen LogP contribution is 2.19. The van der Waals surface area contributed by atoms with Crippen LogP contribution in [-0.2, 0) is 17.8 Å². The van der Waals surface area contributed by atoms with Crippen molar-refractivity contribution in [2.24, 2.45) is 0 Å². The fourth-order valence-electron chi connectivity index (χ4n) is 1.61. The number of hydrogen-bond donors (Lipinski definition) is 2. The number of aromatic hydroxyl groups is 1. The zero-order chi connectivity index (χ0) is 12.0. The van der Waals surface area contributed by atoms with Crippen molar-refractivity contribution >= 4 is 5.78 Å². The highest BCUT2D eigenvalue weighted by atomic mass is 16.3. The summed E-state index contributed by atoms with van der Waals surface area (Å²) in [7, 11) is 0. The molecule has 0 bridgehead atoms. The Bertz CT molecular complexity index is 358. The highest BCUT2D eigenvalue weighted by Gasteiger charge is 2.04. The monoisotopic (exact) mass is 222 g/mol. The summed E-state index contributed by atoms with van der Waals surface area (Å²) in [5, 5.41) is 18.3. The number of ketones is 1. The number of aliphatic hydroxyl groups is 1. The van der Waals surface area contributed by atoms with Gasteiger partial charge in [0.05, 0.1) is 6.61 Å². The number of carbonyl (C=O) groups is 1. The van der Waals surface area contributed by atoms with Crippen LogP contribution in [0, 0.1) is 0 Å². The molecule has 0 amide bonds. The van der Waals surface area contributed by atoms with Crippen LogP contribution in [0.5, 0.6) is 5.75 Å². The van der Waals surface area contributed by atoms with Crippen LogP contribution < -0.4 is 0 Å². The Morgan fingerprint density at radius 2 is 2.06 bits per heavy atom. The second-order valence-electron chi connectivity index (χ2n) is 3.91. The lowest BCUT2D eigenvalue weighted by Crippen LogP contribution is -1.99. The largest absolute Gasteiger partial charge is 0.508 e. The van der Waals surface area contributed by atoms with E-state index in [1.54, 1.807) is 18.2 Å². The van der Waals surface area contributed by atoms with Crippen LogP contribution in [0.1, 0.15) is 37.3 Å². The van der Waals surface area contributed by atoms with E-state index in [9.17, 15) is 9.90 Å². The SMILES string of the molecule is CCCC(=O)CCc1ccc(O)c(CO)c1. The lowest BCUT2D eigenvalue weighted by atomic mass is 10.0. The van der Waals surface area contributed by atoms with Crippen molar-refractivity contribution in [2.45, 2.75) is 39.2 Å². The van der Waals surface area contributed by atoms with Gasteiger partial charge >= 0.3 is 0 Å². The normalized spacial score (nSPS) is 10.4. The van der Waals surface area contributed by atoms with Crippen molar-refractivity contribution in [3.05, 3.63) is 29.3 Å². The van der Waals surface area contributed by atoms with Gasteiger partial charge in [0.2, 0.25) is 0 Å². The molecule has 0 heterocycles.